The molecule has 29 heavy (non-hydrogen) atoms. The van der Waals surface area contributed by atoms with Crippen molar-refractivity contribution in [2.45, 2.75) is 35.8 Å². The van der Waals surface area contributed by atoms with Gasteiger partial charge in [-0.3, -0.25) is 9.59 Å². The van der Waals surface area contributed by atoms with E-state index in [0.29, 0.717) is 12.8 Å². The third-order valence-corrected chi connectivity index (χ3v) is 7.07. The Morgan fingerprint density at radius 2 is 1.86 bits per heavy atom. The highest BCUT2D eigenvalue weighted by atomic mass is 32.2. The lowest BCUT2D eigenvalue weighted by Crippen LogP contribution is -2.22. The number of para-hydroxylation sites is 1. The molecule has 0 radical (unpaired) electrons. The summed E-state index contributed by atoms with van der Waals surface area (Å²) in [5, 5.41) is 14.5. The molecule has 2 aromatic rings. The van der Waals surface area contributed by atoms with Crippen LogP contribution in [0.4, 0.5) is 17.2 Å². The summed E-state index contributed by atoms with van der Waals surface area (Å²) in [5.74, 6) is -1.31. The maximum atomic E-state index is 12.8. The summed E-state index contributed by atoms with van der Waals surface area (Å²) in [6.45, 7) is -2.76. The van der Waals surface area contributed by atoms with Gasteiger partial charge in [0.15, 0.2) is 21.3 Å². The molecule has 4 rings (SSSR count). The topological polar surface area (TPSA) is 130 Å². The summed E-state index contributed by atoms with van der Waals surface area (Å²) in [5.41, 5.74) is -0.148. The number of carbonyl (C=O) groups is 2. The number of nitrogens with zero attached hydrogens (tertiary/aromatic N) is 2. The second kappa shape index (κ2) is 7.43. The highest BCUT2D eigenvalue weighted by Crippen LogP contribution is 2.37. The number of nitrogens with one attached hydrogen (secondary N) is 3. The van der Waals surface area contributed by atoms with Crippen molar-refractivity contribution in [3.63, 3.8) is 0 Å². The zero-order valence-electron chi connectivity index (χ0n) is 18.3. The van der Waals surface area contributed by atoms with Crippen LogP contribution in [0.25, 0.3) is 0 Å². The van der Waals surface area contributed by atoms with Gasteiger partial charge in [0.1, 0.15) is 0 Å². The molecule has 2 amide bonds. The molecule has 2 saturated carbocycles. The number of aromatic nitrogens is 2. The third-order valence-electron chi connectivity index (χ3n) is 4.75. The van der Waals surface area contributed by atoms with Gasteiger partial charge in [-0.15, -0.1) is 10.2 Å². The van der Waals surface area contributed by atoms with E-state index in [1.54, 1.807) is 12.1 Å². The Hall–Kier alpha value is -3.01. The molecular weight excluding hydrogens is 394 g/mol. The lowest BCUT2D eigenvalue weighted by atomic mass is 10.2. The minimum atomic E-state index is -3.57. The summed E-state index contributed by atoms with van der Waals surface area (Å²) >= 11 is 0. The van der Waals surface area contributed by atoms with Crippen molar-refractivity contribution < 1.29 is 22.1 Å². The first-order valence-corrected chi connectivity index (χ1v) is 10.7. The number of hydrogen-bond acceptors (Lipinski definition) is 7. The van der Waals surface area contributed by atoms with Crippen molar-refractivity contribution in [1.29, 1.82) is 0 Å². The van der Waals surface area contributed by atoms with E-state index < -0.39 is 28.0 Å². The first-order valence-electron chi connectivity index (χ1n) is 10.7. The molecule has 1 heterocycles. The number of anilines is 3. The van der Waals surface area contributed by atoms with Gasteiger partial charge in [-0.25, -0.2) is 8.42 Å². The molecule has 3 N–H and O–H groups in total. The number of sulfone groups is 1. The lowest BCUT2D eigenvalue weighted by Gasteiger charge is -2.15. The van der Waals surface area contributed by atoms with Crippen LogP contribution in [-0.4, -0.2) is 42.7 Å². The number of rotatable bonds is 7. The molecule has 0 unspecified atom stereocenters. The highest BCUT2D eigenvalue weighted by Gasteiger charge is 2.38. The third kappa shape index (κ3) is 4.07. The normalized spacial score (nSPS) is 18.1. The van der Waals surface area contributed by atoms with Gasteiger partial charge in [0, 0.05) is 23.1 Å². The smallest absolute Gasteiger partial charge is 0.273 e. The van der Waals surface area contributed by atoms with Gasteiger partial charge in [0.2, 0.25) is 5.91 Å². The van der Waals surface area contributed by atoms with E-state index in [1.807, 2.05) is 5.32 Å². The average Bonchev–Trinajstić information content (AvgIpc) is 3.60. The van der Waals surface area contributed by atoms with Crippen molar-refractivity contribution in [3.8, 4) is 0 Å². The van der Waals surface area contributed by atoms with Gasteiger partial charge in [0.05, 0.1) is 21.5 Å². The Morgan fingerprint density at radius 3 is 2.55 bits per heavy atom. The van der Waals surface area contributed by atoms with Gasteiger partial charge >= 0.3 is 0 Å². The van der Waals surface area contributed by atoms with Crippen LogP contribution in [0.2, 0.25) is 0 Å². The van der Waals surface area contributed by atoms with E-state index in [-0.39, 0.29) is 39.6 Å². The molecule has 10 heteroatoms. The van der Waals surface area contributed by atoms with E-state index >= 15 is 0 Å². The highest BCUT2D eigenvalue weighted by molar-refractivity contribution is 7.92. The minimum Gasteiger partial charge on any atom is -0.354 e. The van der Waals surface area contributed by atoms with Crippen molar-refractivity contribution in [2.75, 3.05) is 17.6 Å². The number of hydrogen-bond donors (Lipinski definition) is 3. The SMILES string of the molecule is [2H]C([2H])([2H])NC(=O)c1nnc(NC(=O)C2CC2)cc1Nc1ccccc1S(=O)(=O)C1CC1. The predicted octanol–water partition coefficient (Wildman–Crippen LogP) is 1.86. The summed E-state index contributed by atoms with van der Waals surface area (Å²) < 4.78 is 47.4. The van der Waals surface area contributed by atoms with Crippen LogP contribution < -0.4 is 16.0 Å². The van der Waals surface area contributed by atoms with E-state index in [4.69, 9.17) is 4.11 Å². The van der Waals surface area contributed by atoms with E-state index in [2.05, 4.69) is 20.8 Å². The first kappa shape index (κ1) is 15.9. The summed E-state index contributed by atoms with van der Waals surface area (Å²) in [7, 11) is -3.57. The molecule has 1 aromatic carbocycles. The Bertz CT molecular complexity index is 1180. The van der Waals surface area contributed by atoms with Gasteiger partial charge in [-0.1, -0.05) is 12.1 Å². The van der Waals surface area contributed by atoms with Crippen LogP contribution in [0, 0.1) is 5.92 Å². The maximum absolute atomic E-state index is 12.8. The first-order chi connectivity index (χ1) is 15.0. The second-order valence-corrected chi connectivity index (χ2v) is 9.27. The van der Waals surface area contributed by atoms with E-state index in [1.165, 1.54) is 18.2 Å². The fourth-order valence-corrected chi connectivity index (χ4v) is 4.68. The van der Waals surface area contributed by atoms with Crippen LogP contribution in [0.15, 0.2) is 35.2 Å². The predicted molar refractivity (Wildman–Crippen MR) is 107 cm³/mol. The van der Waals surface area contributed by atoms with Gasteiger partial charge in [0.25, 0.3) is 5.91 Å². The molecule has 0 spiro atoms. The van der Waals surface area contributed by atoms with Crippen LogP contribution >= 0.6 is 0 Å². The Balaban J connectivity index is 1.70. The fourth-order valence-electron chi connectivity index (χ4n) is 2.87. The second-order valence-electron chi connectivity index (χ2n) is 7.08. The van der Waals surface area contributed by atoms with Crippen LogP contribution in [0.3, 0.4) is 0 Å². The number of amides is 2. The monoisotopic (exact) mass is 418 g/mol. The molecule has 0 bridgehead atoms. The number of carbonyl (C=O) groups excluding carboxylic acids is 2. The van der Waals surface area contributed by atoms with Crippen molar-refractivity contribution >= 4 is 38.8 Å². The maximum Gasteiger partial charge on any atom is 0.273 e. The summed E-state index contributed by atoms with van der Waals surface area (Å²) in [4.78, 5) is 24.7. The van der Waals surface area contributed by atoms with E-state index in [0.717, 1.165) is 12.8 Å². The van der Waals surface area contributed by atoms with Crippen molar-refractivity contribution in [1.82, 2.24) is 15.5 Å². The zero-order chi connectivity index (χ0) is 23.1. The molecule has 2 aliphatic carbocycles. The standard InChI is InChI=1S/C19H21N5O4S/c1-20-19(26)17-14(10-16(23-24-17)22-18(25)11-6-7-11)21-13-4-2-3-5-15(13)29(27,28)12-8-9-12/h2-5,10-12H,6-9H2,1H3,(H,20,26)(H2,21,22,23,25)/i1D3. The average molecular weight is 418 g/mol. The lowest BCUT2D eigenvalue weighted by molar-refractivity contribution is -0.117. The molecule has 2 fully saturated rings. The van der Waals surface area contributed by atoms with Crippen molar-refractivity contribution in [3.05, 3.63) is 36.0 Å². The van der Waals surface area contributed by atoms with Crippen LogP contribution in [0.1, 0.15) is 40.3 Å². The Morgan fingerprint density at radius 1 is 1.10 bits per heavy atom. The molecular formula is C19H21N5O4S. The van der Waals surface area contributed by atoms with Crippen LogP contribution in [0.5, 0.6) is 0 Å². The minimum absolute atomic E-state index is 0.00583. The zero-order valence-corrected chi connectivity index (χ0v) is 16.1. The number of benzene rings is 1. The fraction of sp³-hybridized carbons (Fsp3) is 0.368. The molecule has 152 valence electrons. The Labute approximate surface area is 172 Å². The molecule has 2 aliphatic rings. The molecule has 0 atom stereocenters. The largest absolute Gasteiger partial charge is 0.354 e. The van der Waals surface area contributed by atoms with Gasteiger partial charge in [-0.05, 0) is 37.8 Å². The van der Waals surface area contributed by atoms with Gasteiger partial charge in [-0.2, -0.15) is 0 Å². The van der Waals surface area contributed by atoms with Gasteiger partial charge < -0.3 is 16.0 Å². The quantitative estimate of drug-likeness (QED) is 0.626. The summed E-state index contributed by atoms with van der Waals surface area (Å²) in [6, 6.07) is 7.53. The van der Waals surface area contributed by atoms with Crippen LogP contribution in [-0.2, 0) is 14.6 Å². The van der Waals surface area contributed by atoms with Crippen molar-refractivity contribution in [2.24, 2.45) is 5.92 Å². The molecule has 0 saturated heterocycles. The molecule has 0 aliphatic heterocycles. The molecule has 9 nitrogen and oxygen atoms in total. The molecule has 1 aromatic heterocycles. The Kier molecular flexibility index (Phi) is 4.06. The summed E-state index contributed by atoms with van der Waals surface area (Å²) in [6.07, 6.45) is 2.71. The van der Waals surface area contributed by atoms with E-state index in [9.17, 15) is 18.0 Å².